The second-order valence-corrected chi connectivity index (χ2v) is 9.16. The summed E-state index contributed by atoms with van der Waals surface area (Å²) < 4.78 is 5.58. The lowest BCUT2D eigenvalue weighted by Crippen LogP contribution is -2.46. The lowest BCUT2D eigenvalue weighted by Gasteiger charge is -2.41. The largest absolute Gasteiger partial charge is 0.480 e. The maximum atomic E-state index is 12.5. The molecule has 4 rings (SSSR count). The van der Waals surface area contributed by atoms with Gasteiger partial charge in [-0.15, -0.1) is 0 Å². The molecule has 0 aromatic heterocycles. The first-order valence-corrected chi connectivity index (χ1v) is 11.7. The molecule has 0 aliphatic heterocycles. The highest BCUT2D eigenvalue weighted by molar-refractivity contribution is 5.87. The van der Waals surface area contributed by atoms with E-state index in [-0.39, 0.29) is 36.8 Å². The van der Waals surface area contributed by atoms with Crippen LogP contribution in [0.25, 0.3) is 11.1 Å². The van der Waals surface area contributed by atoms with Crippen LogP contribution in [-0.4, -0.2) is 55.2 Å². The summed E-state index contributed by atoms with van der Waals surface area (Å²) in [5, 5.41) is 16.1. The quantitative estimate of drug-likeness (QED) is 0.414. The molecule has 9 heteroatoms. The van der Waals surface area contributed by atoms with E-state index < -0.39 is 24.5 Å². The first kappa shape index (κ1) is 24.3. The van der Waals surface area contributed by atoms with Gasteiger partial charge in [0.1, 0.15) is 13.2 Å². The number of rotatable bonds is 10. The van der Waals surface area contributed by atoms with Crippen molar-refractivity contribution >= 4 is 23.9 Å². The molecule has 0 radical (unpaired) electrons. The van der Waals surface area contributed by atoms with Gasteiger partial charge in [-0.3, -0.25) is 14.4 Å². The molecule has 0 saturated heterocycles. The minimum absolute atomic E-state index is 0.0242. The minimum atomic E-state index is -1.16. The number of benzene rings is 2. The van der Waals surface area contributed by atoms with E-state index in [1.54, 1.807) is 0 Å². The molecule has 2 aliphatic carbocycles. The van der Waals surface area contributed by atoms with E-state index in [0.717, 1.165) is 41.5 Å². The molecule has 2 aromatic carbocycles. The van der Waals surface area contributed by atoms with Crippen LogP contribution in [0, 0.1) is 5.41 Å². The Bertz CT molecular complexity index is 1080. The normalized spacial score (nSPS) is 15.2. The van der Waals surface area contributed by atoms with E-state index in [0.29, 0.717) is 6.54 Å². The molecule has 0 heterocycles. The molecule has 184 valence electrons. The van der Waals surface area contributed by atoms with Gasteiger partial charge in [0.25, 0.3) is 0 Å². The predicted octanol–water partition coefficient (Wildman–Crippen LogP) is 2.40. The van der Waals surface area contributed by atoms with Crippen molar-refractivity contribution in [1.29, 1.82) is 0 Å². The van der Waals surface area contributed by atoms with Crippen molar-refractivity contribution in [1.82, 2.24) is 16.0 Å². The van der Waals surface area contributed by atoms with Gasteiger partial charge >= 0.3 is 12.1 Å². The highest BCUT2D eigenvalue weighted by atomic mass is 16.5. The fraction of sp³-hybridized carbons (Fsp3) is 0.385. The van der Waals surface area contributed by atoms with E-state index in [9.17, 15) is 19.2 Å². The zero-order chi connectivity index (χ0) is 24.8. The first-order valence-electron chi connectivity index (χ1n) is 11.7. The molecule has 4 N–H and O–H groups in total. The SMILES string of the molecule is O=C(O)CNC(=O)CNC(=O)CC1(CNC(=O)OCC2c3ccccc3-c3ccccc32)CCC1. The number of carbonyl (C=O) groups excluding carboxylic acids is 3. The van der Waals surface area contributed by atoms with Gasteiger partial charge in [0.15, 0.2) is 0 Å². The number of carboxylic acid groups (broad SMARTS) is 1. The van der Waals surface area contributed by atoms with Gasteiger partial charge in [-0.05, 0) is 40.5 Å². The maximum Gasteiger partial charge on any atom is 0.407 e. The average molecular weight is 480 g/mol. The summed E-state index contributed by atoms with van der Waals surface area (Å²) in [7, 11) is 0. The summed E-state index contributed by atoms with van der Waals surface area (Å²) in [6, 6.07) is 16.3. The molecule has 1 fully saturated rings. The van der Waals surface area contributed by atoms with Crippen LogP contribution < -0.4 is 16.0 Å². The van der Waals surface area contributed by atoms with E-state index >= 15 is 0 Å². The Labute approximate surface area is 203 Å². The topological polar surface area (TPSA) is 134 Å². The predicted molar refractivity (Wildman–Crippen MR) is 128 cm³/mol. The monoisotopic (exact) mass is 479 g/mol. The lowest BCUT2D eigenvalue weighted by atomic mass is 9.66. The highest BCUT2D eigenvalue weighted by Gasteiger charge is 2.39. The average Bonchev–Trinajstić information content (AvgIpc) is 3.15. The Morgan fingerprint density at radius 2 is 1.46 bits per heavy atom. The lowest BCUT2D eigenvalue weighted by molar-refractivity contribution is -0.137. The maximum absolute atomic E-state index is 12.5. The fourth-order valence-corrected chi connectivity index (χ4v) is 4.82. The summed E-state index contributed by atoms with van der Waals surface area (Å²) in [5.74, 6) is -2.06. The minimum Gasteiger partial charge on any atom is -0.480 e. The van der Waals surface area contributed by atoms with Crippen molar-refractivity contribution in [2.45, 2.75) is 31.6 Å². The number of hydrogen-bond donors (Lipinski definition) is 4. The molecule has 0 unspecified atom stereocenters. The van der Waals surface area contributed by atoms with Crippen molar-refractivity contribution in [3.63, 3.8) is 0 Å². The fourth-order valence-electron chi connectivity index (χ4n) is 4.82. The zero-order valence-electron chi connectivity index (χ0n) is 19.3. The van der Waals surface area contributed by atoms with E-state index in [2.05, 4.69) is 40.2 Å². The Hall–Kier alpha value is -3.88. The molecule has 3 amide bonds. The molecule has 2 aliphatic rings. The standard InChI is InChI=1S/C26H29N3O6/c30-22(27-13-23(31)28-14-24(32)33)12-26(10-5-11-26)16-29-25(34)35-15-21-19-8-3-1-6-17(19)18-7-2-4-9-20(18)21/h1-4,6-9,21H,5,10-16H2,(H,27,30)(H,28,31)(H,29,34)(H,32,33). The van der Waals surface area contributed by atoms with Crippen molar-refractivity contribution in [2.24, 2.45) is 5.41 Å². The molecule has 0 bridgehead atoms. The number of fused-ring (bicyclic) bond motifs is 3. The number of amides is 3. The third-order valence-corrected chi connectivity index (χ3v) is 6.78. The molecule has 1 saturated carbocycles. The van der Waals surface area contributed by atoms with Crippen LogP contribution in [0.5, 0.6) is 0 Å². The van der Waals surface area contributed by atoms with Gasteiger partial charge in [0.2, 0.25) is 11.8 Å². The third-order valence-electron chi connectivity index (χ3n) is 6.78. The van der Waals surface area contributed by atoms with E-state index in [4.69, 9.17) is 9.84 Å². The van der Waals surface area contributed by atoms with Crippen molar-refractivity contribution in [3.05, 3.63) is 59.7 Å². The number of alkyl carbamates (subject to hydrolysis) is 1. The Morgan fingerprint density at radius 3 is 2.03 bits per heavy atom. The summed E-state index contributed by atoms with van der Waals surface area (Å²) in [5.41, 5.74) is 4.23. The Balaban J connectivity index is 1.25. The second kappa shape index (κ2) is 10.6. The first-order chi connectivity index (χ1) is 16.9. The van der Waals surface area contributed by atoms with Crippen LogP contribution in [0.4, 0.5) is 4.79 Å². The Morgan fingerprint density at radius 1 is 0.857 bits per heavy atom. The van der Waals surface area contributed by atoms with Crippen LogP contribution >= 0.6 is 0 Å². The van der Waals surface area contributed by atoms with Crippen LogP contribution in [0.15, 0.2) is 48.5 Å². The summed E-state index contributed by atoms with van der Waals surface area (Å²) in [6.45, 7) is -0.258. The summed E-state index contributed by atoms with van der Waals surface area (Å²) in [6.07, 6.45) is 2.18. The van der Waals surface area contributed by atoms with Gasteiger partial charge in [0.05, 0.1) is 6.54 Å². The molecule has 9 nitrogen and oxygen atoms in total. The Kier molecular flexibility index (Phi) is 7.33. The zero-order valence-corrected chi connectivity index (χ0v) is 19.3. The van der Waals surface area contributed by atoms with Crippen molar-refractivity contribution < 1.29 is 29.0 Å². The molecule has 0 atom stereocenters. The number of aliphatic carboxylic acids is 1. The van der Waals surface area contributed by atoms with E-state index in [1.807, 2.05) is 24.3 Å². The summed E-state index contributed by atoms with van der Waals surface area (Å²) in [4.78, 5) is 46.9. The number of carbonyl (C=O) groups is 4. The highest BCUT2D eigenvalue weighted by Crippen LogP contribution is 2.45. The molecule has 2 aromatic rings. The number of nitrogens with one attached hydrogen (secondary N) is 3. The number of hydrogen-bond acceptors (Lipinski definition) is 5. The molecular weight excluding hydrogens is 450 g/mol. The second-order valence-electron chi connectivity index (χ2n) is 9.16. The smallest absolute Gasteiger partial charge is 0.407 e. The van der Waals surface area contributed by atoms with Crippen LogP contribution in [0.2, 0.25) is 0 Å². The van der Waals surface area contributed by atoms with Crippen molar-refractivity contribution in [3.8, 4) is 11.1 Å². The number of carboxylic acids is 1. The van der Waals surface area contributed by atoms with Gasteiger partial charge < -0.3 is 25.8 Å². The van der Waals surface area contributed by atoms with Crippen LogP contribution in [-0.2, 0) is 19.1 Å². The van der Waals surface area contributed by atoms with Gasteiger partial charge in [-0.1, -0.05) is 55.0 Å². The van der Waals surface area contributed by atoms with Gasteiger partial charge in [0, 0.05) is 18.9 Å². The van der Waals surface area contributed by atoms with Gasteiger partial charge in [-0.25, -0.2) is 4.79 Å². The molecule has 35 heavy (non-hydrogen) atoms. The summed E-state index contributed by atoms with van der Waals surface area (Å²) >= 11 is 0. The van der Waals surface area contributed by atoms with Gasteiger partial charge in [-0.2, -0.15) is 0 Å². The van der Waals surface area contributed by atoms with Crippen LogP contribution in [0.3, 0.4) is 0 Å². The molecular formula is C26H29N3O6. The number of ether oxygens (including phenoxy) is 1. The molecule has 0 spiro atoms. The van der Waals surface area contributed by atoms with E-state index in [1.165, 1.54) is 0 Å². The van der Waals surface area contributed by atoms with Crippen LogP contribution in [0.1, 0.15) is 42.7 Å². The third kappa shape index (κ3) is 5.79. The van der Waals surface area contributed by atoms with Crippen molar-refractivity contribution in [2.75, 3.05) is 26.2 Å².